The highest BCUT2D eigenvalue weighted by Gasteiger charge is 2.16. The summed E-state index contributed by atoms with van der Waals surface area (Å²) in [6.07, 6.45) is 0. The molecule has 1 aliphatic rings. The van der Waals surface area contributed by atoms with Crippen molar-refractivity contribution in [2.75, 3.05) is 18.5 Å². The van der Waals surface area contributed by atoms with E-state index in [-0.39, 0.29) is 5.91 Å². The Morgan fingerprint density at radius 2 is 1.83 bits per heavy atom. The Kier molecular flexibility index (Phi) is 4.44. The molecule has 0 spiro atoms. The zero-order chi connectivity index (χ0) is 19.8. The molecule has 5 rings (SSSR count). The number of aromatic nitrogens is 1. The van der Waals surface area contributed by atoms with E-state index in [1.165, 1.54) is 0 Å². The van der Waals surface area contributed by atoms with Crippen LogP contribution in [0.1, 0.15) is 10.4 Å². The van der Waals surface area contributed by atoms with E-state index in [0.717, 1.165) is 10.0 Å². The number of oxazole rings is 1. The van der Waals surface area contributed by atoms with Crippen molar-refractivity contribution in [3.05, 3.63) is 70.7 Å². The molecule has 0 bridgehead atoms. The lowest BCUT2D eigenvalue weighted by molar-refractivity contribution is 0.102. The van der Waals surface area contributed by atoms with E-state index in [0.29, 0.717) is 53.0 Å². The number of ether oxygens (including phenoxy) is 2. The van der Waals surface area contributed by atoms with Crippen LogP contribution in [0, 0.1) is 0 Å². The Morgan fingerprint density at radius 3 is 2.69 bits per heavy atom. The van der Waals surface area contributed by atoms with Crippen LogP contribution in [0.4, 0.5) is 5.69 Å². The van der Waals surface area contributed by atoms with Crippen LogP contribution >= 0.6 is 15.9 Å². The third-order valence-electron chi connectivity index (χ3n) is 4.52. The van der Waals surface area contributed by atoms with Gasteiger partial charge in [-0.1, -0.05) is 22.0 Å². The van der Waals surface area contributed by atoms with Crippen molar-refractivity contribution in [3.8, 4) is 23.0 Å². The molecule has 0 fully saturated rings. The number of halogens is 1. The Morgan fingerprint density at radius 1 is 0.966 bits per heavy atom. The van der Waals surface area contributed by atoms with Gasteiger partial charge in [0.05, 0.1) is 0 Å². The molecule has 3 aromatic carbocycles. The predicted octanol–water partition coefficient (Wildman–Crippen LogP) is 5.28. The van der Waals surface area contributed by atoms with E-state index in [1.807, 2.05) is 24.3 Å². The van der Waals surface area contributed by atoms with E-state index < -0.39 is 0 Å². The molecule has 0 aliphatic carbocycles. The summed E-state index contributed by atoms with van der Waals surface area (Å²) in [6, 6.07) is 18.2. The zero-order valence-corrected chi connectivity index (χ0v) is 16.7. The van der Waals surface area contributed by atoms with Gasteiger partial charge in [-0.15, -0.1) is 0 Å². The molecular weight excluding hydrogens is 436 g/mol. The fourth-order valence-corrected chi connectivity index (χ4v) is 3.54. The molecule has 0 unspecified atom stereocenters. The van der Waals surface area contributed by atoms with Crippen LogP contribution in [0.15, 0.2) is 69.6 Å². The number of carbonyl (C=O) groups excluding carboxylic acids is 1. The summed E-state index contributed by atoms with van der Waals surface area (Å²) in [5.41, 5.74) is 3.31. The van der Waals surface area contributed by atoms with Crippen molar-refractivity contribution in [2.45, 2.75) is 0 Å². The monoisotopic (exact) mass is 450 g/mol. The maximum atomic E-state index is 12.6. The number of amides is 1. The second-order valence-corrected chi connectivity index (χ2v) is 7.44. The number of hydrogen-bond donors (Lipinski definition) is 1. The lowest BCUT2D eigenvalue weighted by Gasteiger charge is -2.18. The first-order valence-electron chi connectivity index (χ1n) is 9.03. The molecule has 0 atom stereocenters. The van der Waals surface area contributed by atoms with Crippen molar-refractivity contribution < 1.29 is 18.7 Å². The minimum atomic E-state index is -0.239. The second-order valence-electron chi connectivity index (χ2n) is 6.52. The zero-order valence-electron chi connectivity index (χ0n) is 15.1. The maximum absolute atomic E-state index is 12.6. The van der Waals surface area contributed by atoms with Gasteiger partial charge < -0.3 is 19.2 Å². The van der Waals surface area contributed by atoms with Gasteiger partial charge >= 0.3 is 0 Å². The van der Waals surface area contributed by atoms with Gasteiger partial charge in [0, 0.05) is 21.3 Å². The SMILES string of the molecule is O=C(Nc1ccc2oc(-c3cccc(Br)c3)nc2c1)c1ccc2c(c1)OCCO2. The minimum absolute atomic E-state index is 0.239. The molecular formula is C22H15BrN2O4. The van der Waals surface area contributed by atoms with Gasteiger partial charge in [-0.05, 0) is 54.6 Å². The largest absolute Gasteiger partial charge is 0.486 e. The number of rotatable bonds is 3. The highest BCUT2D eigenvalue weighted by atomic mass is 79.9. The van der Waals surface area contributed by atoms with E-state index in [4.69, 9.17) is 13.9 Å². The van der Waals surface area contributed by atoms with Gasteiger partial charge in [0.2, 0.25) is 5.89 Å². The summed E-state index contributed by atoms with van der Waals surface area (Å²) in [5.74, 6) is 1.51. The average molecular weight is 451 g/mol. The molecule has 1 N–H and O–H groups in total. The Labute approximate surface area is 174 Å². The van der Waals surface area contributed by atoms with Crippen molar-refractivity contribution >= 4 is 38.6 Å². The van der Waals surface area contributed by atoms with Crippen LogP contribution in [-0.4, -0.2) is 24.1 Å². The first-order valence-corrected chi connectivity index (χ1v) is 9.82. The Balaban J connectivity index is 1.40. The molecule has 0 radical (unpaired) electrons. The summed E-state index contributed by atoms with van der Waals surface area (Å²) in [7, 11) is 0. The molecule has 0 saturated carbocycles. The minimum Gasteiger partial charge on any atom is -0.486 e. The first kappa shape index (κ1) is 17.8. The highest BCUT2D eigenvalue weighted by Crippen LogP contribution is 2.31. The predicted molar refractivity (Wildman–Crippen MR) is 113 cm³/mol. The summed E-state index contributed by atoms with van der Waals surface area (Å²) >= 11 is 3.45. The van der Waals surface area contributed by atoms with Gasteiger partial charge in [0.1, 0.15) is 18.7 Å². The van der Waals surface area contributed by atoms with Crippen LogP contribution in [0.2, 0.25) is 0 Å². The first-order chi connectivity index (χ1) is 14.2. The van der Waals surface area contributed by atoms with E-state index in [2.05, 4.69) is 26.2 Å². The Bertz CT molecular complexity index is 1230. The number of nitrogens with zero attached hydrogens (tertiary/aromatic N) is 1. The topological polar surface area (TPSA) is 73.6 Å². The molecule has 6 nitrogen and oxygen atoms in total. The van der Waals surface area contributed by atoms with Crippen LogP contribution in [0.5, 0.6) is 11.5 Å². The van der Waals surface area contributed by atoms with Gasteiger partial charge in [-0.25, -0.2) is 4.98 Å². The fraction of sp³-hybridized carbons (Fsp3) is 0.0909. The van der Waals surface area contributed by atoms with E-state index in [9.17, 15) is 4.79 Å². The van der Waals surface area contributed by atoms with Crippen molar-refractivity contribution in [1.29, 1.82) is 0 Å². The molecule has 144 valence electrons. The van der Waals surface area contributed by atoms with Gasteiger partial charge in [-0.3, -0.25) is 4.79 Å². The van der Waals surface area contributed by atoms with Gasteiger partial charge in [0.25, 0.3) is 5.91 Å². The smallest absolute Gasteiger partial charge is 0.255 e. The molecule has 7 heteroatoms. The molecule has 1 amide bonds. The number of anilines is 1. The van der Waals surface area contributed by atoms with Gasteiger partial charge in [0.15, 0.2) is 17.1 Å². The average Bonchev–Trinajstić information content (AvgIpc) is 3.17. The maximum Gasteiger partial charge on any atom is 0.255 e. The number of benzene rings is 3. The number of nitrogens with one attached hydrogen (secondary N) is 1. The third kappa shape index (κ3) is 3.56. The van der Waals surface area contributed by atoms with Crippen molar-refractivity contribution in [3.63, 3.8) is 0 Å². The molecule has 2 heterocycles. The van der Waals surface area contributed by atoms with Crippen LogP contribution < -0.4 is 14.8 Å². The molecule has 4 aromatic rings. The Hall–Kier alpha value is -3.32. The normalized spacial score (nSPS) is 12.7. The van der Waals surface area contributed by atoms with Gasteiger partial charge in [-0.2, -0.15) is 0 Å². The van der Waals surface area contributed by atoms with E-state index in [1.54, 1.807) is 36.4 Å². The molecule has 1 aliphatic heterocycles. The number of carbonyl (C=O) groups is 1. The number of fused-ring (bicyclic) bond motifs is 2. The lowest BCUT2D eigenvalue weighted by atomic mass is 10.1. The van der Waals surface area contributed by atoms with Crippen molar-refractivity contribution in [1.82, 2.24) is 4.98 Å². The molecule has 29 heavy (non-hydrogen) atoms. The van der Waals surface area contributed by atoms with Crippen LogP contribution in [0.25, 0.3) is 22.6 Å². The summed E-state index contributed by atoms with van der Waals surface area (Å²) in [6.45, 7) is 0.986. The summed E-state index contributed by atoms with van der Waals surface area (Å²) in [4.78, 5) is 17.2. The summed E-state index contributed by atoms with van der Waals surface area (Å²) in [5, 5.41) is 2.89. The number of hydrogen-bond acceptors (Lipinski definition) is 5. The summed E-state index contributed by atoms with van der Waals surface area (Å²) < 4.78 is 17.8. The standard InChI is InChI=1S/C22H15BrN2O4/c23-15-3-1-2-14(10-15)22-25-17-12-16(5-7-18(17)29-22)24-21(26)13-4-6-19-20(11-13)28-9-8-27-19/h1-7,10-12H,8-9H2,(H,24,26). The third-order valence-corrected chi connectivity index (χ3v) is 5.01. The lowest BCUT2D eigenvalue weighted by Crippen LogP contribution is -2.17. The van der Waals surface area contributed by atoms with Crippen molar-refractivity contribution in [2.24, 2.45) is 0 Å². The van der Waals surface area contributed by atoms with Crippen LogP contribution in [0.3, 0.4) is 0 Å². The van der Waals surface area contributed by atoms with E-state index >= 15 is 0 Å². The fourth-order valence-electron chi connectivity index (χ4n) is 3.14. The molecule has 1 aromatic heterocycles. The van der Waals surface area contributed by atoms with Crippen LogP contribution in [-0.2, 0) is 0 Å². The second kappa shape index (κ2) is 7.25. The quantitative estimate of drug-likeness (QED) is 0.459. The molecule has 0 saturated heterocycles. The highest BCUT2D eigenvalue weighted by molar-refractivity contribution is 9.10.